The zero-order chi connectivity index (χ0) is 15.4. The maximum absolute atomic E-state index is 11.8. The number of anilines is 1. The summed E-state index contributed by atoms with van der Waals surface area (Å²) in [4.78, 5) is 11.8. The molecule has 1 aromatic carbocycles. The van der Waals surface area contributed by atoms with Crippen LogP contribution in [-0.2, 0) is 9.53 Å². The molecule has 0 spiro atoms. The number of hydrogen-bond donors (Lipinski definition) is 1. The van der Waals surface area contributed by atoms with Crippen LogP contribution in [0.5, 0.6) is 5.75 Å². The van der Waals surface area contributed by atoms with Crippen molar-refractivity contribution < 1.29 is 14.3 Å². The highest BCUT2D eigenvalue weighted by molar-refractivity contribution is 7.15. The number of aromatic nitrogens is 2. The average Bonchev–Trinajstić information content (AvgIpc) is 3.17. The lowest BCUT2D eigenvalue weighted by molar-refractivity contribution is -0.118. The number of ether oxygens (including phenoxy) is 2. The topological polar surface area (TPSA) is 73.3 Å². The molecule has 1 fully saturated rings. The minimum Gasteiger partial charge on any atom is -0.484 e. The molecule has 2 aromatic rings. The minimum atomic E-state index is -0.287. The molecule has 1 N–H and O–H groups in total. The summed E-state index contributed by atoms with van der Waals surface area (Å²) in [6.45, 7) is 0.650. The molecule has 1 saturated heterocycles. The Kier molecular flexibility index (Phi) is 4.87. The number of carbonyl (C=O) groups excluding carboxylic acids is 1. The van der Waals surface area contributed by atoms with E-state index in [1.54, 1.807) is 24.3 Å². The van der Waals surface area contributed by atoms with Crippen molar-refractivity contribution in [2.45, 2.75) is 18.9 Å². The first-order chi connectivity index (χ1) is 10.7. The van der Waals surface area contributed by atoms with Gasteiger partial charge in [0.15, 0.2) is 6.61 Å². The Morgan fingerprint density at radius 3 is 2.95 bits per heavy atom. The van der Waals surface area contributed by atoms with Gasteiger partial charge < -0.3 is 9.47 Å². The fraction of sp³-hybridized carbons (Fsp3) is 0.357. The van der Waals surface area contributed by atoms with Crippen molar-refractivity contribution in [3.05, 3.63) is 34.3 Å². The van der Waals surface area contributed by atoms with Crippen molar-refractivity contribution in [3.63, 3.8) is 0 Å². The van der Waals surface area contributed by atoms with E-state index in [1.165, 1.54) is 11.3 Å². The predicted molar refractivity (Wildman–Crippen MR) is 83.4 cm³/mol. The largest absolute Gasteiger partial charge is 0.484 e. The average molecular weight is 340 g/mol. The highest BCUT2D eigenvalue weighted by Crippen LogP contribution is 2.31. The Labute approximate surface area is 136 Å². The normalized spacial score (nSPS) is 17.4. The van der Waals surface area contributed by atoms with Crippen molar-refractivity contribution in [1.29, 1.82) is 0 Å². The third kappa shape index (κ3) is 3.94. The molecule has 0 aliphatic carbocycles. The van der Waals surface area contributed by atoms with E-state index in [-0.39, 0.29) is 18.6 Å². The van der Waals surface area contributed by atoms with Crippen molar-refractivity contribution in [2.75, 3.05) is 18.5 Å². The number of nitrogens with zero attached hydrogens (tertiary/aromatic N) is 2. The van der Waals surface area contributed by atoms with Crippen molar-refractivity contribution in [2.24, 2.45) is 0 Å². The van der Waals surface area contributed by atoms with Gasteiger partial charge in [-0.2, -0.15) is 0 Å². The van der Waals surface area contributed by atoms with E-state index in [4.69, 9.17) is 21.1 Å². The first kappa shape index (κ1) is 15.2. The van der Waals surface area contributed by atoms with Crippen LogP contribution in [0.4, 0.5) is 5.13 Å². The number of halogens is 1. The molecular weight excluding hydrogens is 326 g/mol. The van der Waals surface area contributed by atoms with Gasteiger partial charge in [-0.15, -0.1) is 10.2 Å². The van der Waals surface area contributed by atoms with E-state index >= 15 is 0 Å². The van der Waals surface area contributed by atoms with E-state index in [0.717, 1.165) is 24.5 Å². The highest BCUT2D eigenvalue weighted by Gasteiger charge is 2.22. The number of nitrogens with one attached hydrogen (secondary N) is 1. The lowest BCUT2D eigenvalue weighted by Gasteiger charge is -2.05. The Morgan fingerprint density at radius 1 is 1.41 bits per heavy atom. The summed E-state index contributed by atoms with van der Waals surface area (Å²) < 4.78 is 10.9. The lowest BCUT2D eigenvalue weighted by Crippen LogP contribution is -2.20. The molecule has 1 aliphatic heterocycles. The first-order valence-electron chi connectivity index (χ1n) is 6.84. The summed E-state index contributed by atoms with van der Waals surface area (Å²) in [6, 6.07) is 6.81. The van der Waals surface area contributed by atoms with Crippen LogP contribution in [0.25, 0.3) is 0 Å². The Morgan fingerprint density at radius 2 is 2.23 bits per heavy atom. The van der Waals surface area contributed by atoms with Gasteiger partial charge in [-0.1, -0.05) is 22.9 Å². The van der Waals surface area contributed by atoms with E-state index < -0.39 is 0 Å². The zero-order valence-corrected chi connectivity index (χ0v) is 13.2. The van der Waals surface area contributed by atoms with Gasteiger partial charge in [-0.05, 0) is 37.1 Å². The Balaban J connectivity index is 1.50. The molecule has 1 atom stereocenters. The molecule has 8 heteroatoms. The van der Waals surface area contributed by atoms with Gasteiger partial charge >= 0.3 is 0 Å². The molecule has 1 aliphatic rings. The van der Waals surface area contributed by atoms with Crippen LogP contribution in [0, 0.1) is 0 Å². The quantitative estimate of drug-likeness (QED) is 0.906. The summed E-state index contributed by atoms with van der Waals surface area (Å²) in [5.41, 5.74) is 0. The van der Waals surface area contributed by atoms with Crippen LogP contribution in [0.3, 0.4) is 0 Å². The van der Waals surface area contributed by atoms with Gasteiger partial charge in [0.05, 0.1) is 0 Å². The number of carbonyl (C=O) groups is 1. The van der Waals surface area contributed by atoms with Crippen molar-refractivity contribution >= 4 is 34.0 Å². The molecule has 22 heavy (non-hydrogen) atoms. The summed E-state index contributed by atoms with van der Waals surface area (Å²) >= 11 is 7.11. The standard InChI is InChI=1S/C14H14ClN3O3S/c15-9-3-5-10(6-4-9)21-8-12(19)16-14-18-17-13(22-14)11-2-1-7-20-11/h3-6,11H,1-2,7-8H2,(H,16,18,19). The Bertz CT molecular complexity index is 641. The second-order valence-electron chi connectivity index (χ2n) is 4.74. The first-order valence-corrected chi connectivity index (χ1v) is 8.03. The summed E-state index contributed by atoms with van der Waals surface area (Å²) in [6.07, 6.45) is 1.98. The number of benzene rings is 1. The van der Waals surface area contributed by atoms with Crippen LogP contribution in [0.15, 0.2) is 24.3 Å². The number of hydrogen-bond acceptors (Lipinski definition) is 6. The van der Waals surface area contributed by atoms with Crippen molar-refractivity contribution in [3.8, 4) is 5.75 Å². The zero-order valence-electron chi connectivity index (χ0n) is 11.6. The fourth-order valence-corrected chi connectivity index (χ4v) is 2.99. The Hall–Kier alpha value is -1.70. The van der Waals surface area contributed by atoms with Gasteiger partial charge in [0.1, 0.15) is 16.9 Å². The van der Waals surface area contributed by atoms with Crippen LogP contribution in [-0.4, -0.2) is 29.3 Å². The van der Waals surface area contributed by atoms with Crippen molar-refractivity contribution in [1.82, 2.24) is 10.2 Å². The van der Waals surface area contributed by atoms with Gasteiger partial charge in [-0.25, -0.2) is 0 Å². The van der Waals surface area contributed by atoms with E-state index in [9.17, 15) is 4.79 Å². The molecule has 6 nitrogen and oxygen atoms in total. The number of amides is 1. The molecule has 116 valence electrons. The van der Waals surface area contributed by atoms with E-state index in [1.807, 2.05) is 0 Å². The molecule has 0 saturated carbocycles. The maximum atomic E-state index is 11.8. The molecule has 2 heterocycles. The summed E-state index contributed by atoms with van der Waals surface area (Å²) in [5, 5.41) is 12.5. The highest BCUT2D eigenvalue weighted by atomic mass is 35.5. The SMILES string of the molecule is O=C(COc1ccc(Cl)cc1)Nc1nnc(C2CCCO2)s1. The fourth-order valence-electron chi connectivity index (χ4n) is 2.02. The molecule has 1 unspecified atom stereocenters. The van der Waals surface area contributed by atoms with E-state index in [2.05, 4.69) is 15.5 Å². The summed E-state index contributed by atoms with van der Waals surface area (Å²) in [5.74, 6) is 0.293. The molecule has 0 radical (unpaired) electrons. The van der Waals surface area contributed by atoms with Gasteiger partial charge in [0.25, 0.3) is 5.91 Å². The minimum absolute atomic E-state index is 0.00784. The smallest absolute Gasteiger partial charge is 0.264 e. The summed E-state index contributed by atoms with van der Waals surface area (Å²) in [7, 11) is 0. The monoisotopic (exact) mass is 339 g/mol. The second kappa shape index (κ2) is 7.04. The van der Waals surface area contributed by atoms with Gasteiger partial charge in [-0.3, -0.25) is 10.1 Å². The van der Waals surface area contributed by atoms with Crippen LogP contribution < -0.4 is 10.1 Å². The molecule has 3 rings (SSSR count). The van der Waals surface area contributed by atoms with Crippen LogP contribution in [0.2, 0.25) is 5.02 Å². The van der Waals surface area contributed by atoms with Gasteiger partial charge in [0.2, 0.25) is 5.13 Å². The molecule has 1 amide bonds. The molecule has 0 bridgehead atoms. The van der Waals surface area contributed by atoms with Crippen LogP contribution >= 0.6 is 22.9 Å². The molecular formula is C14H14ClN3O3S. The maximum Gasteiger partial charge on any atom is 0.264 e. The lowest BCUT2D eigenvalue weighted by atomic mass is 10.2. The second-order valence-corrected chi connectivity index (χ2v) is 6.18. The van der Waals surface area contributed by atoms with Crippen LogP contribution in [0.1, 0.15) is 24.0 Å². The third-order valence-electron chi connectivity index (χ3n) is 3.08. The van der Waals surface area contributed by atoms with Gasteiger partial charge in [0, 0.05) is 11.6 Å². The third-order valence-corrected chi connectivity index (χ3v) is 4.26. The number of rotatable bonds is 5. The predicted octanol–water partition coefficient (Wildman–Crippen LogP) is 3.06. The molecule has 1 aromatic heterocycles. The van der Waals surface area contributed by atoms with E-state index in [0.29, 0.717) is 15.9 Å².